The van der Waals surface area contributed by atoms with Crippen molar-refractivity contribution in [2.24, 2.45) is 5.10 Å². The van der Waals surface area contributed by atoms with Crippen LogP contribution < -0.4 is 5.63 Å². The van der Waals surface area contributed by atoms with E-state index in [1.165, 1.54) is 11.8 Å². The van der Waals surface area contributed by atoms with E-state index in [4.69, 9.17) is 4.42 Å². The first-order valence-corrected chi connectivity index (χ1v) is 9.92. The van der Waals surface area contributed by atoms with E-state index in [1.807, 2.05) is 48.5 Å². The van der Waals surface area contributed by atoms with Gasteiger partial charge >= 0.3 is 5.63 Å². The van der Waals surface area contributed by atoms with Gasteiger partial charge in [-0.1, -0.05) is 58.0 Å². The van der Waals surface area contributed by atoms with Crippen LogP contribution in [-0.2, 0) is 0 Å². The van der Waals surface area contributed by atoms with E-state index < -0.39 is 5.63 Å². The van der Waals surface area contributed by atoms with Crippen LogP contribution in [0, 0.1) is 0 Å². The lowest BCUT2D eigenvalue weighted by atomic mass is 10.1. The number of hydrogen-bond acceptors (Lipinski definition) is 6. The van der Waals surface area contributed by atoms with Gasteiger partial charge in [0, 0.05) is 21.2 Å². The molecule has 0 spiro atoms. The monoisotopic (exact) mass is 438 g/mol. The van der Waals surface area contributed by atoms with Crippen molar-refractivity contribution >= 4 is 44.4 Å². The Morgan fingerprint density at radius 3 is 2.78 bits per heavy atom. The smallest absolute Gasteiger partial charge is 0.345 e. The zero-order chi connectivity index (χ0) is 18.4. The first-order chi connectivity index (χ1) is 13.2. The molecule has 8 heteroatoms. The van der Waals surface area contributed by atoms with Gasteiger partial charge in [-0.05, 0) is 24.3 Å². The summed E-state index contributed by atoms with van der Waals surface area (Å²) in [6, 6.07) is 17.1. The average molecular weight is 439 g/mol. The minimum atomic E-state index is -0.401. The van der Waals surface area contributed by atoms with Crippen LogP contribution in [0.4, 0.5) is 0 Å². The predicted molar refractivity (Wildman–Crippen MR) is 108 cm³/mol. The van der Waals surface area contributed by atoms with Gasteiger partial charge < -0.3 is 4.42 Å². The van der Waals surface area contributed by atoms with E-state index in [2.05, 4.69) is 31.2 Å². The van der Waals surface area contributed by atoms with Crippen LogP contribution >= 0.6 is 27.7 Å². The summed E-state index contributed by atoms with van der Waals surface area (Å²) < 4.78 is 8.08. The quantitative estimate of drug-likeness (QED) is 0.439. The fraction of sp³-hybridized carbons (Fsp3) is 0.0526. The Balaban J connectivity index is 1.66. The highest BCUT2D eigenvalue weighted by molar-refractivity contribution is 9.10. The molecule has 2 aromatic carbocycles. The molecular weight excluding hydrogens is 428 g/mol. The largest absolute Gasteiger partial charge is 0.422 e. The lowest BCUT2D eigenvalue weighted by Crippen LogP contribution is -2.21. The van der Waals surface area contributed by atoms with Crippen molar-refractivity contribution in [1.82, 2.24) is 14.9 Å². The molecule has 132 valence electrons. The van der Waals surface area contributed by atoms with Crippen molar-refractivity contribution in [2.45, 2.75) is 5.16 Å². The SMILES string of the molecule is O=c1oc2ccc(Br)cc2cc1C1=Nn2c(nnc2-c2ccccc2)SC1. The second-order valence-corrected chi connectivity index (χ2v) is 7.81. The van der Waals surface area contributed by atoms with Gasteiger partial charge in [0.2, 0.25) is 5.16 Å². The minimum Gasteiger partial charge on any atom is -0.422 e. The maximum absolute atomic E-state index is 12.5. The van der Waals surface area contributed by atoms with Gasteiger partial charge in [-0.3, -0.25) is 0 Å². The van der Waals surface area contributed by atoms with Gasteiger partial charge in [-0.2, -0.15) is 9.78 Å². The lowest BCUT2D eigenvalue weighted by Gasteiger charge is -2.13. The highest BCUT2D eigenvalue weighted by Crippen LogP contribution is 2.28. The van der Waals surface area contributed by atoms with Crippen molar-refractivity contribution in [1.29, 1.82) is 0 Å². The molecule has 0 unspecified atom stereocenters. The number of thioether (sulfide) groups is 1. The van der Waals surface area contributed by atoms with Crippen LogP contribution in [0.25, 0.3) is 22.4 Å². The molecule has 5 rings (SSSR count). The second-order valence-electron chi connectivity index (χ2n) is 5.95. The van der Waals surface area contributed by atoms with Gasteiger partial charge in [0.05, 0.1) is 11.3 Å². The summed E-state index contributed by atoms with van der Waals surface area (Å²) in [5.74, 6) is 1.17. The third-order valence-corrected chi connectivity index (χ3v) is 5.63. The Labute approximate surface area is 166 Å². The van der Waals surface area contributed by atoms with Crippen molar-refractivity contribution < 1.29 is 4.42 Å². The molecule has 0 bridgehead atoms. The summed E-state index contributed by atoms with van der Waals surface area (Å²) in [5, 5.41) is 14.7. The fourth-order valence-corrected chi connectivity index (χ4v) is 4.13. The number of nitrogens with zero attached hydrogens (tertiary/aromatic N) is 4. The molecule has 0 radical (unpaired) electrons. The molecule has 3 heterocycles. The normalized spacial score (nSPS) is 13.4. The molecule has 0 atom stereocenters. The van der Waals surface area contributed by atoms with Crippen LogP contribution in [0.2, 0.25) is 0 Å². The first-order valence-electron chi connectivity index (χ1n) is 8.14. The topological polar surface area (TPSA) is 73.3 Å². The standard InChI is InChI=1S/C19H11BrN4O2S/c20-13-6-7-16-12(8-13)9-14(18(25)26-16)15-10-27-19-22-21-17(24(19)23-15)11-4-2-1-3-5-11/h1-9H,10H2. The number of benzene rings is 2. The number of rotatable bonds is 2. The van der Waals surface area contributed by atoms with E-state index in [9.17, 15) is 4.79 Å². The van der Waals surface area contributed by atoms with Gasteiger partial charge in [0.25, 0.3) is 0 Å². The molecule has 0 saturated heterocycles. The lowest BCUT2D eigenvalue weighted by molar-refractivity contribution is 0.559. The van der Waals surface area contributed by atoms with Crippen molar-refractivity contribution in [3.05, 3.63) is 75.1 Å². The number of fused-ring (bicyclic) bond motifs is 2. The Kier molecular flexibility index (Phi) is 3.95. The first kappa shape index (κ1) is 16.5. The Hall–Kier alpha value is -2.71. The van der Waals surface area contributed by atoms with Crippen LogP contribution in [-0.4, -0.2) is 26.3 Å². The molecule has 27 heavy (non-hydrogen) atoms. The summed E-state index contributed by atoms with van der Waals surface area (Å²) in [7, 11) is 0. The zero-order valence-electron chi connectivity index (χ0n) is 13.8. The summed E-state index contributed by atoms with van der Waals surface area (Å²) in [6.07, 6.45) is 0. The van der Waals surface area contributed by atoms with Crippen molar-refractivity contribution in [3.63, 3.8) is 0 Å². The van der Waals surface area contributed by atoms with Gasteiger partial charge in [-0.15, -0.1) is 10.2 Å². The number of hydrogen-bond donors (Lipinski definition) is 0. The van der Waals surface area contributed by atoms with Crippen molar-refractivity contribution in [2.75, 3.05) is 5.75 Å². The highest BCUT2D eigenvalue weighted by atomic mass is 79.9. The Morgan fingerprint density at radius 1 is 1.07 bits per heavy atom. The molecule has 0 fully saturated rings. The van der Waals surface area contributed by atoms with E-state index in [0.717, 1.165) is 15.4 Å². The molecule has 0 aliphatic carbocycles. The maximum atomic E-state index is 12.5. The number of halogens is 1. The summed E-state index contributed by atoms with van der Waals surface area (Å²) in [6.45, 7) is 0. The van der Waals surface area contributed by atoms with E-state index in [0.29, 0.717) is 33.6 Å². The molecule has 0 saturated carbocycles. The summed E-state index contributed by atoms with van der Waals surface area (Å²) in [4.78, 5) is 12.5. The second kappa shape index (κ2) is 6.47. The fourth-order valence-electron chi connectivity index (χ4n) is 2.92. The molecular formula is C19H11BrN4O2S. The summed E-state index contributed by atoms with van der Waals surface area (Å²) >= 11 is 4.94. The molecule has 0 amide bonds. The Bertz CT molecular complexity index is 1260. The maximum Gasteiger partial charge on any atom is 0.345 e. The van der Waals surface area contributed by atoms with Crippen LogP contribution in [0.15, 0.2) is 78.5 Å². The zero-order valence-corrected chi connectivity index (χ0v) is 16.2. The minimum absolute atomic E-state index is 0.401. The molecule has 0 N–H and O–H groups in total. The molecule has 6 nitrogen and oxygen atoms in total. The van der Waals surface area contributed by atoms with Crippen LogP contribution in [0.1, 0.15) is 5.56 Å². The number of aromatic nitrogens is 3. The average Bonchev–Trinajstić information content (AvgIpc) is 3.11. The van der Waals surface area contributed by atoms with E-state index >= 15 is 0 Å². The van der Waals surface area contributed by atoms with Gasteiger partial charge in [0.1, 0.15) is 5.58 Å². The Morgan fingerprint density at radius 2 is 1.93 bits per heavy atom. The molecule has 2 aromatic heterocycles. The molecule has 4 aromatic rings. The van der Waals surface area contributed by atoms with Crippen LogP contribution in [0.5, 0.6) is 0 Å². The third-order valence-electron chi connectivity index (χ3n) is 4.21. The van der Waals surface area contributed by atoms with Gasteiger partial charge in [-0.25, -0.2) is 4.79 Å². The molecule has 1 aliphatic heterocycles. The van der Waals surface area contributed by atoms with E-state index in [-0.39, 0.29) is 0 Å². The highest BCUT2D eigenvalue weighted by Gasteiger charge is 2.22. The van der Waals surface area contributed by atoms with Gasteiger partial charge in [0.15, 0.2) is 5.82 Å². The molecule has 1 aliphatic rings. The van der Waals surface area contributed by atoms with Crippen LogP contribution in [0.3, 0.4) is 0 Å². The predicted octanol–water partition coefficient (Wildman–Crippen LogP) is 4.17. The van der Waals surface area contributed by atoms with Crippen molar-refractivity contribution in [3.8, 4) is 11.4 Å². The summed E-state index contributed by atoms with van der Waals surface area (Å²) in [5.41, 5.74) is 2.15. The van der Waals surface area contributed by atoms with E-state index in [1.54, 1.807) is 10.7 Å². The third kappa shape index (κ3) is 2.90.